The minimum Gasteiger partial charge on any atom is -0.322 e. The molecule has 2 aromatic carbocycles. The molecular formula is C24H24F7N3O3S. The van der Waals surface area contributed by atoms with E-state index in [4.69, 9.17) is 0 Å². The highest BCUT2D eigenvalue weighted by Gasteiger charge is 2.48. The molecule has 1 aliphatic carbocycles. The molecule has 2 aromatic rings. The van der Waals surface area contributed by atoms with Crippen LogP contribution in [0.1, 0.15) is 35.4 Å². The van der Waals surface area contributed by atoms with Crippen LogP contribution in [0.15, 0.2) is 42.5 Å². The Morgan fingerprint density at radius 1 is 0.895 bits per heavy atom. The number of nitrogens with zero attached hydrogens (tertiary/aromatic N) is 3. The van der Waals surface area contributed by atoms with E-state index in [1.807, 2.05) is 0 Å². The second-order valence-corrected chi connectivity index (χ2v) is 11.7. The quantitative estimate of drug-likeness (QED) is 0.460. The summed E-state index contributed by atoms with van der Waals surface area (Å²) in [6.07, 6.45) is -9.19. The maximum absolute atomic E-state index is 13.5. The van der Waals surface area contributed by atoms with Gasteiger partial charge in [0.15, 0.2) is 0 Å². The summed E-state index contributed by atoms with van der Waals surface area (Å²) in [6.45, 7) is -0.147. The zero-order chi connectivity index (χ0) is 28.2. The lowest BCUT2D eigenvalue weighted by Gasteiger charge is -2.33. The van der Waals surface area contributed by atoms with Gasteiger partial charge in [-0.2, -0.15) is 30.6 Å². The molecule has 0 radical (unpaired) electrons. The van der Waals surface area contributed by atoms with Crippen molar-refractivity contribution in [2.75, 3.05) is 32.1 Å². The number of carbonyl (C=O) groups excluding carboxylic acids is 1. The van der Waals surface area contributed by atoms with Gasteiger partial charge in [-0.3, -0.25) is 4.90 Å². The fourth-order valence-electron chi connectivity index (χ4n) is 4.59. The van der Waals surface area contributed by atoms with Crippen molar-refractivity contribution in [1.29, 1.82) is 0 Å². The molecule has 1 heterocycles. The summed E-state index contributed by atoms with van der Waals surface area (Å²) < 4.78 is 121. The van der Waals surface area contributed by atoms with Crippen molar-refractivity contribution >= 4 is 21.7 Å². The maximum Gasteiger partial charge on any atom is 0.416 e. The highest BCUT2D eigenvalue weighted by Crippen LogP contribution is 2.40. The van der Waals surface area contributed by atoms with Gasteiger partial charge in [0.05, 0.1) is 22.4 Å². The van der Waals surface area contributed by atoms with Crippen LogP contribution in [0.2, 0.25) is 0 Å². The fraction of sp³-hybridized carbons (Fsp3) is 0.458. The number of hydrogen-bond acceptors (Lipinski definition) is 3. The van der Waals surface area contributed by atoms with Gasteiger partial charge in [-0.1, -0.05) is 12.1 Å². The lowest BCUT2D eigenvalue weighted by Crippen LogP contribution is -2.47. The first-order valence-electron chi connectivity index (χ1n) is 11.5. The molecular weight excluding hydrogens is 543 g/mol. The third-order valence-corrected chi connectivity index (χ3v) is 9.24. The van der Waals surface area contributed by atoms with Gasteiger partial charge >= 0.3 is 18.4 Å². The van der Waals surface area contributed by atoms with Crippen molar-refractivity contribution in [3.63, 3.8) is 0 Å². The molecule has 1 aliphatic heterocycles. The maximum atomic E-state index is 13.5. The number of rotatable bonds is 5. The van der Waals surface area contributed by atoms with E-state index in [2.05, 4.69) is 0 Å². The van der Waals surface area contributed by atoms with Gasteiger partial charge in [0.2, 0.25) is 10.0 Å². The van der Waals surface area contributed by atoms with Crippen LogP contribution in [0.3, 0.4) is 0 Å². The molecule has 2 amide bonds. The van der Waals surface area contributed by atoms with Crippen LogP contribution in [-0.2, 0) is 22.4 Å². The van der Waals surface area contributed by atoms with Crippen LogP contribution >= 0.6 is 0 Å². The minimum absolute atomic E-state index is 0.0156. The standard InChI is InChI=1S/C24H24F7N3O3S/c1-32(18-10-15(23(26,27)28)9-16(11-18)24(29,30)31)22(35)33(2)21-13-34(38(36,37)19-7-8-19)12-20(21)14-3-5-17(25)6-4-14/h3-6,9-11,19-21H,7-8,12-13H2,1-2H3/t20-,21+/m0/s1. The molecule has 1 saturated heterocycles. The van der Waals surface area contributed by atoms with E-state index in [9.17, 15) is 43.9 Å². The van der Waals surface area contributed by atoms with Crippen LogP contribution in [0.25, 0.3) is 0 Å². The van der Waals surface area contributed by atoms with Crippen molar-refractivity contribution in [3.8, 4) is 0 Å². The molecule has 0 spiro atoms. The molecule has 2 atom stereocenters. The Labute approximate surface area is 214 Å². The molecule has 0 aromatic heterocycles. The molecule has 6 nitrogen and oxygen atoms in total. The lowest BCUT2D eigenvalue weighted by atomic mass is 9.93. The van der Waals surface area contributed by atoms with Crippen molar-refractivity contribution in [3.05, 3.63) is 65.0 Å². The second-order valence-electron chi connectivity index (χ2n) is 9.50. The van der Waals surface area contributed by atoms with E-state index >= 15 is 0 Å². The summed E-state index contributed by atoms with van der Waals surface area (Å²) in [5.41, 5.74) is -3.25. The number of hydrogen-bond donors (Lipinski definition) is 0. The zero-order valence-electron chi connectivity index (χ0n) is 20.2. The van der Waals surface area contributed by atoms with Crippen LogP contribution in [0.4, 0.5) is 41.2 Å². The minimum atomic E-state index is -5.09. The van der Waals surface area contributed by atoms with Crippen molar-refractivity contribution in [1.82, 2.24) is 9.21 Å². The van der Waals surface area contributed by atoms with E-state index in [0.717, 1.165) is 11.9 Å². The molecule has 14 heteroatoms. The number of amides is 2. The van der Waals surface area contributed by atoms with Crippen molar-refractivity contribution in [2.24, 2.45) is 0 Å². The molecule has 2 aliphatic rings. The summed E-state index contributed by atoms with van der Waals surface area (Å²) in [6, 6.07) is 4.34. The third-order valence-electron chi connectivity index (χ3n) is 6.91. The van der Waals surface area contributed by atoms with Crippen LogP contribution in [0, 0.1) is 5.82 Å². The Morgan fingerprint density at radius 3 is 1.89 bits per heavy atom. The lowest BCUT2D eigenvalue weighted by molar-refractivity contribution is -0.143. The summed E-state index contributed by atoms with van der Waals surface area (Å²) >= 11 is 0. The molecule has 1 saturated carbocycles. The first kappa shape index (κ1) is 28.1. The van der Waals surface area contributed by atoms with E-state index < -0.39 is 68.2 Å². The largest absolute Gasteiger partial charge is 0.416 e. The summed E-state index contributed by atoms with van der Waals surface area (Å²) in [5, 5.41) is -0.537. The van der Waals surface area contributed by atoms with Crippen molar-refractivity contribution in [2.45, 2.75) is 42.4 Å². The average Bonchev–Trinajstić information content (AvgIpc) is 3.61. The predicted molar refractivity (Wildman–Crippen MR) is 124 cm³/mol. The van der Waals surface area contributed by atoms with Gasteiger partial charge in [0, 0.05) is 38.8 Å². The van der Waals surface area contributed by atoms with Gasteiger partial charge in [-0.25, -0.2) is 17.6 Å². The number of likely N-dealkylation sites (N-methyl/N-ethyl adjacent to an activating group) is 1. The van der Waals surface area contributed by atoms with Gasteiger partial charge in [0.25, 0.3) is 0 Å². The van der Waals surface area contributed by atoms with E-state index in [1.165, 1.54) is 35.6 Å². The number of anilines is 1. The number of benzene rings is 2. The van der Waals surface area contributed by atoms with Crippen LogP contribution in [-0.4, -0.2) is 62.1 Å². The molecule has 4 rings (SSSR count). The molecule has 38 heavy (non-hydrogen) atoms. The van der Waals surface area contributed by atoms with Gasteiger partial charge in [-0.15, -0.1) is 0 Å². The van der Waals surface area contributed by atoms with Crippen LogP contribution < -0.4 is 4.90 Å². The average molecular weight is 568 g/mol. The predicted octanol–water partition coefficient (Wildman–Crippen LogP) is 5.31. The van der Waals surface area contributed by atoms with E-state index in [1.54, 1.807) is 0 Å². The number of halogens is 7. The fourth-order valence-corrected chi connectivity index (χ4v) is 6.47. The Kier molecular flexibility index (Phi) is 7.19. The zero-order valence-corrected chi connectivity index (χ0v) is 21.0. The summed E-state index contributed by atoms with van der Waals surface area (Å²) in [7, 11) is -1.33. The Bertz CT molecular complexity index is 1280. The number of carbonyl (C=O) groups is 1. The monoisotopic (exact) mass is 567 g/mol. The normalized spacial score (nSPS) is 21.0. The van der Waals surface area contributed by atoms with Gasteiger partial charge in [0.1, 0.15) is 5.82 Å². The number of alkyl halides is 6. The number of sulfonamides is 1. The van der Waals surface area contributed by atoms with Gasteiger partial charge in [-0.05, 0) is 48.7 Å². The molecule has 0 unspecified atom stereocenters. The Morgan fingerprint density at radius 2 is 1.42 bits per heavy atom. The Balaban J connectivity index is 1.67. The second kappa shape index (κ2) is 9.70. The highest BCUT2D eigenvalue weighted by molar-refractivity contribution is 7.90. The van der Waals surface area contributed by atoms with E-state index in [0.29, 0.717) is 35.4 Å². The first-order valence-corrected chi connectivity index (χ1v) is 13.0. The summed E-state index contributed by atoms with van der Waals surface area (Å²) in [4.78, 5) is 15.1. The molecule has 0 N–H and O–H groups in total. The van der Waals surface area contributed by atoms with Crippen LogP contribution in [0.5, 0.6) is 0 Å². The smallest absolute Gasteiger partial charge is 0.322 e. The number of urea groups is 1. The topological polar surface area (TPSA) is 60.9 Å². The SMILES string of the molecule is CN(C(=O)N(C)[C@@H]1CN(S(=O)(=O)C2CC2)C[C@H]1c1ccc(F)cc1)c1cc(C(F)(F)F)cc(C(F)(F)F)c1. The van der Waals surface area contributed by atoms with Gasteiger partial charge < -0.3 is 4.90 Å². The van der Waals surface area contributed by atoms with E-state index in [-0.39, 0.29) is 19.2 Å². The molecule has 0 bridgehead atoms. The molecule has 2 fully saturated rings. The highest BCUT2D eigenvalue weighted by atomic mass is 32.2. The first-order chi connectivity index (χ1) is 17.5. The summed E-state index contributed by atoms with van der Waals surface area (Å²) in [5.74, 6) is -1.14. The van der Waals surface area contributed by atoms with Crippen molar-refractivity contribution < 1.29 is 43.9 Å². The molecule has 208 valence electrons. The third kappa shape index (κ3) is 5.60. The Hall–Kier alpha value is -2.87.